The second-order valence-corrected chi connectivity index (χ2v) is 6.43. The Labute approximate surface area is 154 Å². The Bertz CT molecular complexity index is 738. The highest BCUT2D eigenvalue weighted by atomic mass is 16.5. The lowest BCUT2D eigenvalue weighted by molar-refractivity contribution is 0.0952. The number of anilines is 1. The molecule has 3 rings (SSSR count). The van der Waals surface area contributed by atoms with Crippen molar-refractivity contribution in [2.75, 3.05) is 38.8 Å². The van der Waals surface area contributed by atoms with Gasteiger partial charge >= 0.3 is 0 Å². The Morgan fingerprint density at radius 2 is 1.85 bits per heavy atom. The van der Waals surface area contributed by atoms with Crippen LogP contribution in [-0.4, -0.2) is 39.8 Å². The van der Waals surface area contributed by atoms with Crippen LogP contribution in [0, 0.1) is 0 Å². The van der Waals surface area contributed by atoms with Crippen LogP contribution in [0.15, 0.2) is 42.5 Å². The van der Waals surface area contributed by atoms with E-state index in [1.807, 2.05) is 0 Å². The van der Waals surface area contributed by atoms with Crippen LogP contribution >= 0.6 is 0 Å². The highest BCUT2D eigenvalue weighted by Gasteiger charge is 2.15. The van der Waals surface area contributed by atoms with Crippen molar-refractivity contribution in [1.29, 1.82) is 0 Å². The lowest BCUT2D eigenvalue weighted by Gasteiger charge is -2.31. The standard InChI is InChI=1S/C21H26N2O3/c1-25-18-13-17(14-19(15-18)26-2)21(24)22-10-6-12-23-11-5-8-16-7-3-4-9-20(16)23/h3-4,7,9,13-15H,5-6,8,10-12H2,1-2H3,(H,22,24). The molecule has 0 spiro atoms. The van der Waals surface area contributed by atoms with Crippen molar-refractivity contribution in [2.24, 2.45) is 0 Å². The summed E-state index contributed by atoms with van der Waals surface area (Å²) in [5.41, 5.74) is 3.30. The van der Waals surface area contributed by atoms with Crippen molar-refractivity contribution in [2.45, 2.75) is 19.3 Å². The molecule has 0 atom stereocenters. The second kappa shape index (κ2) is 8.61. The van der Waals surface area contributed by atoms with Gasteiger partial charge in [-0.2, -0.15) is 0 Å². The molecule has 0 bridgehead atoms. The summed E-state index contributed by atoms with van der Waals surface area (Å²) < 4.78 is 10.4. The molecular formula is C21H26N2O3. The maximum absolute atomic E-state index is 12.4. The first-order valence-corrected chi connectivity index (χ1v) is 9.05. The third-order valence-corrected chi connectivity index (χ3v) is 4.71. The van der Waals surface area contributed by atoms with Gasteiger partial charge in [0.15, 0.2) is 0 Å². The molecule has 0 fully saturated rings. The summed E-state index contributed by atoms with van der Waals surface area (Å²) in [5.74, 6) is 1.11. The zero-order valence-electron chi connectivity index (χ0n) is 15.5. The number of methoxy groups -OCH3 is 2. The highest BCUT2D eigenvalue weighted by Crippen LogP contribution is 2.26. The zero-order valence-corrected chi connectivity index (χ0v) is 15.5. The molecule has 0 unspecified atom stereocenters. The third-order valence-electron chi connectivity index (χ3n) is 4.71. The molecule has 138 valence electrons. The van der Waals surface area contributed by atoms with Gasteiger partial charge in [0.25, 0.3) is 5.91 Å². The molecule has 0 radical (unpaired) electrons. The molecule has 0 saturated carbocycles. The Hall–Kier alpha value is -2.69. The van der Waals surface area contributed by atoms with Gasteiger partial charge in [0.2, 0.25) is 0 Å². The average molecular weight is 354 g/mol. The molecule has 0 aliphatic carbocycles. The lowest BCUT2D eigenvalue weighted by atomic mass is 10.0. The van der Waals surface area contributed by atoms with E-state index in [1.54, 1.807) is 32.4 Å². The van der Waals surface area contributed by atoms with E-state index in [0.29, 0.717) is 23.6 Å². The van der Waals surface area contributed by atoms with E-state index in [4.69, 9.17) is 9.47 Å². The minimum absolute atomic E-state index is 0.110. The van der Waals surface area contributed by atoms with Gasteiger partial charge in [-0.15, -0.1) is 0 Å². The number of carbonyl (C=O) groups excluding carboxylic acids is 1. The number of rotatable bonds is 7. The summed E-state index contributed by atoms with van der Waals surface area (Å²) in [5, 5.41) is 2.99. The second-order valence-electron chi connectivity index (χ2n) is 6.43. The maximum atomic E-state index is 12.4. The minimum atomic E-state index is -0.110. The number of amides is 1. The average Bonchev–Trinajstić information content (AvgIpc) is 2.70. The number of fused-ring (bicyclic) bond motifs is 1. The summed E-state index contributed by atoms with van der Waals surface area (Å²) >= 11 is 0. The van der Waals surface area contributed by atoms with E-state index in [-0.39, 0.29) is 5.91 Å². The number of benzene rings is 2. The van der Waals surface area contributed by atoms with Gasteiger partial charge in [-0.1, -0.05) is 18.2 Å². The zero-order chi connectivity index (χ0) is 18.4. The Morgan fingerprint density at radius 3 is 2.58 bits per heavy atom. The molecule has 26 heavy (non-hydrogen) atoms. The highest BCUT2D eigenvalue weighted by molar-refractivity contribution is 5.95. The third kappa shape index (κ3) is 4.28. The predicted octanol–water partition coefficient (Wildman–Crippen LogP) is 3.28. The lowest BCUT2D eigenvalue weighted by Crippen LogP contribution is -2.33. The van der Waals surface area contributed by atoms with Crippen LogP contribution in [-0.2, 0) is 6.42 Å². The summed E-state index contributed by atoms with van der Waals surface area (Å²) in [7, 11) is 3.15. The molecular weight excluding hydrogens is 328 g/mol. The molecule has 1 heterocycles. The van der Waals surface area contributed by atoms with Crippen LogP contribution in [0.1, 0.15) is 28.8 Å². The summed E-state index contributed by atoms with van der Waals surface area (Å²) in [6.45, 7) is 2.66. The fraction of sp³-hybridized carbons (Fsp3) is 0.381. The van der Waals surface area contributed by atoms with Crippen LogP contribution in [0.2, 0.25) is 0 Å². The number of nitrogens with zero attached hydrogens (tertiary/aromatic N) is 1. The molecule has 0 saturated heterocycles. The smallest absolute Gasteiger partial charge is 0.251 e. The quantitative estimate of drug-likeness (QED) is 0.776. The largest absolute Gasteiger partial charge is 0.497 e. The van der Waals surface area contributed by atoms with Gasteiger partial charge in [-0.3, -0.25) is 4.79 Å². The van der Waals surface area contributed by atoms with Crippen LogP contribution < -0.4 is 19.7 Å². The summed E-state index contributed by atoms with van der Waals surface area (Å²) in [6, 6.07) is 13.8. The molecule has 5 nitrogen and oxygen atoms in total. The van der Waals surface area contributed by atoms with E-state index in [1.165, 1.54) is 17.7 Å². The van der Waals surface area contributed by atoms with Crippen LogP contribution in [0.5, 0.6) is 11.5 Å². The van der Waals surface area contributed by atoms with Crippen molar-refractivity contribution >= 4 is 11.6 Å². The predicted molar refractivity (Wildman–Crippen MR) is 103 cm³/mol. The topological polar surface area (TPSA) is 50.8 Å². The number of nitrogens with one attached hydrogen (secondary N) is 1. The normalized spacial score (nSPS) is 13.1. The van der Waals surface area contributed by atoms with Gasteiger partial charge in [-0.05, 0) is 43.0 Å². The molecule has 1 N–H and O–H groups in total. The van der Waals surface area contributed by atoms with Gasteiger partial charge in [-0.25, -0.2) is 0 Å². The molecule has 1 aliphatic heterocycles. The van der Waals surface area contributed by atoms with E-state index in [0.717, 1.165) is 25.9 Å². The molecule has 2 aromatic rings. The van der Waals surface area contributed by atoms with Crippen molar-refractivity contribution in [3.63, 3.8) is 0 Å². The molecule has 2 aromatic carbocycles. The van der Waals surface area contributed by atoms with Gasteiger partial charge in [0.05, 0.1) is 14.2 Å². The first kappa shape index (κ1) is 18.1. The Morgan fingerprint density at radius 1 is 1.12 bits per heavy atom. The van der Waals surface area contributed by atoms with Gasteiger partial charge < -0.3 is 19.7 Å². The van der Waals surface area contributed by atoms with Gasteiger partial charge in [0, 0.05) is 37.0 Å². The monoisotopic (exact) mass is 354 g/mol. The Kier molecular flexibility index (Phi) is 6.00. The fourth-order valence-electron chi connectivity index (χ4n) is 3.36. The summed E-state index contributed by atoms with van der Waals surface area (Å²) in [6.07, 6.45) is 3.25. The van der Waals surface area contributed by atoms with E-state index in [2.05, 4.69) is 34.5 Å². The van der Waals surface area contributed by atoms with Gasteiger partial charge in [0.1, 0.15) is 11.5 Å². The minimum Gasteiger partial charge on any atom is -0.497 e. The molecule has 5 heteroatoms. The number of hydrogen-bond donors (Lipinski definition) is 1. The first-order chi connectivity index (χ1) is 12.7. The molecule has 0 aromatic heterocycles. The van der Waals surface area contributed by atoms with E-state index < -0.39 is 0 Å². The SMILES string of the molecule is COc1cc(OC)cc(C(=O)NCCCN2CCCc3ccccc32)c1. The number of ether oxygens (including phenoxy) is 2. The number of aryl methyl sites for hydroxylation is 1. The van der Waals surface area contributed by atoms with Crippen molar-refractivity contribution in [1.82, 2.24) is 5.32 Å². The Balaban J connectivity index is 1.52. The van der Waals surface area contributed by atoms with Crippen LogP contribution in [0.4, 0.5) is 5.69 Å². The van der Waals surface area contributed by atoms with E-state index >= 15 is 0 Å². The molecule has 1 aliphatic rings. The number of hydrogen-bond acceptors (Lipinski definition) is 4. The number of carbonyl (C=O) groups is 1. The first-order valence-electron chi connectivity index (χ1n) is 9.05. The van der Waals surface area contributed by atoms with Crippen molar-refractivity contribution < 1.29 is 14.3 Å². The number of para-hydroxylation sites is 1. The van der Waals surface area contributed by atoms with Crippen molar-refractivity contribution in [3.05, 3.63) is 53.6 Å². The van der Waals surface area contributed by atoms with Crippen molar-refractivity contribution in [3.8, 4) is 11.5 Å². The maximum Gasteiger partial charge on any atom is 0.251 e. The van der Waals surface area contributed by atoms with Crippen LogP contribution in [0.25, 0.3) is 0 Å². The fourth-order valence-corrected chi connectivity index (χ4v) is 3.36. The van der Waals surface area contributed by atoms with Crippen LogP contribution in [0.3, 0.4) is 0 Å². The summed E-state index contributed by atoms with van der Waals surface area (Å²) in [4.78, 5) is 14.8. The van der Waals surface area contributed by atoms with E-state index in [9.17, 15) is 4.79 Å². The molecule has 1 amide bonds.